The molecule has 1 atom stereocenters. The summed E-state index contributed by atoms with van der Waals surface area (Å²) in [5.74, 6) is 1.58. The largest absolute Gasteiger partial charge is 0.493 e. The molecule has 0 saturated heterocycles. The van der Waals surface area contributed by atoms with E-state index in [4.69, 9.17) is 4.74 Å². The fraction of sp³-hybridized carbons (Fsp3) is 0.368. The molecule has 104 valence electrons. The Hall–Kier alpha value is -1.76. The molecule has 1 nitrogen and oxygen atoms in total. The van der Waals surface area contributed by atoms with Crippen LogP contribution in [0.3, 0.4) is 0 Å². The number of rotatable bonds is 3. The van der Waals surface area contributed by atoms with Crippen LogP contribution in [0.1, 0.15) is 41.0 Å². The van der Waals surface area contributed by atoms with Crippen LogP contribution in [0.2, 0.25) is 0 Å². The van der Waals surface area contributed by atoms with Crippen molar-refractivity contribution < 1.29 is 4.74 Å². The van der Waals surface area contributed by atoms with Crippen LogP contribution in [0.15, 0.2) is 42.5 Å². The summed E-state index contributed by atoms with van der Waals surface area (Å²) >= 11 is 0. The number of benzene rings is 2. The number of ether oxygens (including phenoxy) is 1. The molecule has 0 aromatic heterocycles. The summed E-state index contributed by atoms with van der Waals surface area (Å²) in [6.07, 6.45) is 3.73. The first-order chi connectivity index (χ1) is 9.75. The Morgan fingerprint density at radius 1 is 1.05 bits per heavy atom. The van der Waals surface area contributed by atoms with E-state index in [2.05, 4.69) is 56.3 Å². The van der Waals surface area contributed by atoms with Gasteiger partial charge in [-0.2, -0.15) is 0 Å². The zero-order chi connectivity index (χ0) is 13.9. The SMILES string of the molecule is Cc1cccc(OCC2CCCc3ccccc32)c1C. The average molecular weight is 266 g/mol. The second-order valence-corrected chi connectivity index (χ2v) is 5.80. The standard InChI is InChI=1S/C19H22O/c1-14-7-5-12-19(15(14)2)20-13-17-10-6-9-16-8-3-4-11-18(16)17/h3-5,7-8,11-12,17H,6,9-10,13H2,1-2H3. The number of fused-ring (bicyclic) bond motifs is 1. The molecule has 0 aliphatic heterocycles. The predicted molar refractivity (Wildman–Crippen MR) is 83.5 cm³/mol. The van der Waals surface area contributed by atoms with Gasteiger partial charge in [0.2, 0.25) is 0 Å². The maximum Gasteiger partial charge on any atom is 0.122 e. The van der Waals surface area contributed by atoms with E-state index in [0.717, 1.165) is 12.4 Å². The molecule has 0 spiro atoms. The lowest BCUT2D eigenvalue weighted by Crippen LogP contribution is -2.16. The summed E-state index contributed by atoms with van der Waals surface area (Å²) in [6.45, 7) is 5.07. The van der Waals surface area contributed by atoms with Crippen LogP contribution in [0.4, 0.5) is 0 Å². The third kappa shape index (κ3) is 2.58. The summed E-state index contributed by atoms with van der Waals surface area (Å²) < 4.78 is 6.11. The van der Waals surface area contributed by atoms with E-state index in [0.29, 0.717) is 5.92 Å². The molecule has 2 aromatic rings. The van der Waals surface area contributed by atoms with Gasteiger partial charge < -0.3 is 4.74 Å². The Balaban J connectivity index is 1.75. The van der Waals surface area contributed by atoms with Gasteiger partial charge in [0.15, 0.2) is 0 Å². The molecule has 1 unspecified atom stereocenters. The molecule has 1 aliphatic carbocycles. The van der Waals surface area contributed by atoms with Crippen molar-refractivity contribution in [3.8, 4) is 5.75 Å². The second-order valence-electron chi connectivity index (χ2n) is 5.80. The average Bonchev–Trinajstić information content (AvgIpc) is 2.49. The van der Waals surface area contributed by atoms with Crippen molar-refractivity contribution in [3.63, 3.8) is 0 Å². The van der Waals surface area contributed by atoms with E-state index in [9.17, 15) is 0 Å². The molecule has 0 bridgehead atoms. The topological polar surface area (TPSA) is 9.23 Å². The molecule has 0 N–H and O–H groups in total. The lowest BCUT2D eigenvalue weighted by atomic mass is 9.83. The molecule has 1 aliphatic rings. The third-order valence-corrected chi connectivity index (χ3v) is 4.49. The highest BCUT2D eigenvalue weighted by Crippen LogP contribution is 2.32. The molecule has 3 rings (SSSR count). The second kappa shape index (κ2) is 5.70. The van der Waals surface area contributed by atoms with Crippen molar-refractivity contribution in [2.45, 2.75) is 39.0 Å². The van der Waals surface area contributed by atoms with Gasteiger partial charge in [-0.15, -0.1) is 0 Å². The third-order valence-electron chi connectivity index (χ3n) is 4.49. The minimum absolute atomic E-state index is 0.542. The van der Waals surface area contributed by atoms with Crippen molar-refractivity contribution in [2.75, 3.05) is 6.61 Å². The van der Waals surface area contributed by atoms with Crippen LogP contribution in [0.25, 0.3) is 0 Å². The highest BCUT2D eigenvalue weighted by atomic mass is 16.5. The normalized spacial score (nSPS) is 17.6. The van der Waals surface area contributed by atoms with Gasteiger partial charge in [-0.25, -0.2) is 0 Å². The first kappa shape index (κ1) is 13.2. The van der Waals surface area contributed by atoms with Crippen LogP contribution in [0.5, 0.6) is 5.75 Å². The van der Waals surface area contributed by atoms with Gasteiger partial charge in [0.1, 0.15) is 5.75 Å². The quantitative estimate of drug-likeness (QED) is 0.775. The zero-order valence-electron chi connectivity index (χ0n) is 12.4. The van der Waals surface area contributed by atoms with Gasteiger partial charge >= 0.3 is 0 Å². The Kier molecular flexibility index (Phi) is 3.77. The number of aryl methyl sites for hydroxylation is 2. The molecule has 1 heteroatoms. The molecule has 0 heterocycles. The van der Waals surface area contributed by atoms with Gasteiger partial charge in [-0.1, -0.05) is 36.4 Å². The van der Waals surface area contributed by atoms with Crippen molar-refractivity contribution >= 4 is 0 Å². The lowest BCUT2D eigenvalue weighted by Gasteiger charge is -2.26. The predicted octanol–water partition coefficient (Wildman–Crippen LogP) is 4.80. The van der Waals surface area contributed by atoms with Gasteiger partial charge in [0.25, 0.3) is 0 Å². The first-order valence-electron chi connectivity index (χ1n) is 7.52. The summed E-state index contributed by atoms with van der Waals surface area (Å²) in [4.78, 5) is 0. The summed E-state index contributed by atoms with van der Waals surface area (Å²) in [5.41, 5.74) is 5.56. The smallest absolute Gasteiger partial charge is 0.122 e. The fourth-order valence-electron chi connectivity index (χ4n) is 3.10. The number of hydrogen-bond donors (Lipinski definition) is 0. The van der Waals surface area contributed by atoms with Crippen molar-refractivity contribution in [1.29, 1.82) is 0 Å². The number of hydrogen-bond acceptors (Lipinski definition) is 1. The highest BCUT2D eigenvalue weighted by Gasteiger charge is 2.20. The van der Waals surface area contributed by atoms with Crippen LogP contribution in [0, 0.1) is 13.8 Å². The van der Waals surface area contributed by atoms with E-state index < -0.39 is 0 Å². The summed E-state index contributed by atoms with van der Waals surface area (Å²) in [7, 11) is 0. The van der Waals surface area contributed by atoms with Gasteiger partial charge in [-0.3, -0.25) is 0 Å². The minimum atomic E-state index is 0.542. The molecule has 0 fully saturated rings. The summed E-state index contributed by atoms with van der Waals surface area (Å²) in [6, 6.07) is 15.1. The van der Waals surface area contributed by atoms with Gasteiger partial charge in [-0.05, 0) is 61.4 Å². The van der Waals surface area contributed by atoms with Crippen LogP contribution in [-0.4, -0.2) is 6.61 Å². The van der Waals surface area contributed by atoms with E-state index in [1.165, 1.54) is 41.5 Å². The minimum Gasteiger partial charge on any atom is -0.493 e. The van der Waals surface area contributed by atoms with E-state index in [1.54, 1.807) is 0 Å². The molecule has 0 saturated carbocycles. The van der Waals surface area contributed by atoms with Crippen molar-refractivity contribution in [1.82, 2.24) is 0 Å². The summed E-state index contributed by atoms with van der Waals surface area (Å²) in [5, 5.41) is 0. The lowest BCUT2D eigenvalue weighted by molar-refractivity contribution is 0.273. The molecule has 0 amide bonds. The molecular formula is C19H22O. The van der Waals surface area contributed by atoms with Crippen LogP contribution >= 0.6 is 0 Å². The molecular weight excluding hydrogens is 244 g/mol. The zero-order valence-corrected chi connectivity index (χ0v) is 12.4. The van der Waals surface area contributed by atoms with Crippen molar-refractivity contribution in [3.05, 3.63) is 64.7 Å². The van der Waals surface area contributed by atoms with E-state index in [1.807, 2.05) is 0 Å². The molecule has 2 aromatic carbocycles. The van der Waals surface area contributed by atoms with Crippen LogP contribution in [-0.2, 0) is 6.42 Å². The Morgan fingerprint density at radius 3 is 2.80 bits per heavy atom. The molecule has 20 heavy (non-hydrogen) atoms. The maximum absolute atomic E-state index is 6.11. The van der Waals surface area contributed by atoms with E-state index in [-0.39, 0.29) is 0 Å². The Morgan fingerprint density at radius 2 is 1.90 bits per heavy atom. The van der Waals surface area contributed by atoms with Gasteiger partial charge in [0, 0.05) is 5.92 Å². The fourth-order valence-corrected chi connectivity index (χ4v) is 3.10. The Bertz CT molecular complexity index is 600. The maximum atomic E-state index is 6.11. The molecule has 0 radical (unpaired) electrons. The Labute approximate surface area is 121 Å². The van der Waals surface area contributed by atoms with Crippen LogP contribution < -0.4 is 4.74 Å². The van der Waals surface area contributed by atoms with Gasteiger partial charge in [0.05, 0.1) is 6.61 Å². The van der Waals surface area contributed by atoms with E-state index >= 15 is 0 Å². The van der Waals surface area contributed by atoms with Crippen molar-refractivity contribution in [2.24, 2.45) is 0 Å². The first-order valence-corrected chi connectivity index (χ1v) is 7.52. The highest BCUT2D eigenvalue weighted by molar-refractivity contribution is 5.38. The monoisotopic (exact) mass is 266 g/mol.